The molecule has 32 heavy (non-hydrogen) atoms. The average molecular weight is 447 g/mol. The largest absolute Gasteiger partial charge is 0.357 e. The molecule has 0 aliphatic heterocycles. The molecule has 1 atom stereocenters. The van der Waals surface area contributed by atoms with E-state index in [1.165, 1.54) is 11.1 Å². The van der Waals surface area contributed by atoms with Gasteiger partial charge in [0.15, 0.2) is 0 Å². The molecule has 0 aliphatic rings. The fourth-order valence-corrected chi connectivity index (χ4v) is 4.39. The zero-order chi connectivity index (χ0) is 22.8. The first-order chi connectivity index (χ1) is 15.6. The lowest BCUT2D eigenvalue weighted by atomic mass is 10.0. The van der Waals surface area contributed by atoms with Gasteiger partial charge in [0.25, 0.3) is 0 Å². The summed E-state index contributed by atoms with van der Waals surface area (Å²) in [4.78, 5) is 28.0. The second kappa shape index (κ2) is 12.1. The molecule has 5 heteroatoms. The van der Waals surface area contributed by atoms with Gasteiger partial charge in [0.1, 0.15) is 6.04 Å². The molecule has 0 fully saturated rings. The molecule has 0 spiro atoms. The first kappa shape index (κ1) is 23.6. The number of amides is 2. The lowest BCUT2D eigenvalue weighted by Crippen LogP contribution is -2.50. The van der Waals surface area contributed by atoms with Gasteiger partial charge >= 0.3 is 0 Å². The maximum Gasteiger partial charge on any atom is 0.242 e. The van der Waals surface area contributed by atoms with Crippen molar-refractivity contribution in [1.29, 1.82) is 0 Å². The number of carbonyl (C=O) groups excluding carboxylic acids is 2. The lowest BCUT2D eigenvalue weighted by molar-refractivity contribution is -0.139. The summed E-state index contributed by atoms with van der Waals surface area (Å²) in [6.45, 7) is 2.46. The van der Waals surface area contributed by atoms with E-state index in [1.54, 1.807) is 23.7 Å². The van der Waals surface area contributed by atoms with Crippen molar-refractivity contribution < 1.29 is 9.59 Å². The van der Waals surface area contributed by atoms with Gasteiger partial charge < -0.3 is 10.2 Å². The van der Waals surface area contributed by atoms with Gasteiger partial charge in [0, 0.05) is 25.8 Å². The highest BCUT2D eigenvalue weighted by molar-refractivity contribution is 7.99. The van der Waals surface area contributed by atoms with Crippen LogP contribution in [-0.2, 0) is 28.3 Å². The smallest absolute Gasteiger partial charge is 0.242 e. The Hall–Kier alpha value is -3.05. The van der Waals surface area contributed by atoms with Crippen molar-refractivity contribution in [2.24, 2.45) is 0 Å². The van der Waals surface area contributed by atoms with E-state index in [4.69, 9.17) is 0 Å². The lowest BCUT2D eigenvalue weighted by Gasteiger charge is -2.31. The SMILES string of the molecule is CNC(=O)[C@H](Cc1ccccc1)N(Cc1ccccc1)C(=O)CSCc1ccc(C)cc1. The Morgan fingerprint density at radius 1 is 0.844 bits per heavy atom. The molecule has 4 nitrogen and oxygen atoms in total. The van der Waals surface area contributed by atoms with E-state index in [0.717, 1.165) is 16.9 Å². The van der Waals surface area contributed by atoms with Gasteiger partial charge in [-0.3, -0.25) is 9.59 Å². The molecular formula is C27H30N2O2S. The highest BCUT2D eigenvalue weighted by Crippen LogP contribution is 2.18. The fourth-order valence-electron chi connectivity index (χ4n) is 3.52. The van der Waals surface area contributed by atoms with E-state index < -0.39 is 6.04 Å². The Morgan fingerprint density at radius 3 is 2.03 bits per heavy atom. The van der Waals surface area contributed by atoms with Crippen LogP contribution in [0.4, 0.5) is 0 Å². The number of nitrogens with one attached hydrogen (secondary N) is 1. The zero-order valence-corrected chi connectivity index (χ0v) is 19.5. The molecule has 3 aromatic carbocycles. The number of benzene rings is 3. The van der Waals surface area contributed by atoms with Gasteiger partial charge in [0.05, 0.1) is 5.75 Å². The van der Waals surface area contributed by atoms with E-state index in [0.29, 0.717) is 18.7 Å². The van der Waals surface area contributed by atoms with E-state index >= 15 is 0 Å². The molecule has 2 amide bonds. The van der Waals surface area contributed by atoms with Crippen molar-refractivity contribution >= 4 is 23.6 Å². The average Bonchev–Trinajstić information content (AvgIpc) is 2.83. The Balaban J connectivity index is 1.77. The Morgan fingerprint density at radius 2 is 1.44 bits per heavy atom. The van der Waals surface area contributed by atoms with Crippen LogP contribution in [0.25, 0.3) is 0 Å². The van der Waals surface area contributed by atoms with Gasteiger partial charge in [-0.05, 0) is 23.6 Å². The minimum atomic E-state index is -0.574. The van der Waals surface area contributed by atoms with Gasteiger partial charge in [-0.1, -0.05) is 90.5 Å². The first-order valence-corrected chi connectivity index (χ1v) is 11.9. The third-order valence-corrected chi connectivity index (χ3v) is 6.32. The van der Waals surface area contributed by atoms with Crippen molar-refractivity contribution in [3.63, 3.8) is 0 Å². The monoisotopic (exact) mass is 446 g/mol. The summed E-state index contributed by atoms with van der Waals surface area (Å²) in [5.41, 5.74) is 4.44. The molecule has 0 radical (unpaired) electrons. The second-order valence-electron chi connectivity index (χ2n) is 7.81. The minimum absolute atomic E-state index is 0.0319. The van der Waals surface area contributed by atoms with Gasteiger partial charge in [-0.25, -0.2) is 0 Å². The molecule has 0 aliphatic carbocycles. The Kier molecular flexibility index (Phi) is 8.93. The van der Waals surface area contributed by atoms with Crippen LogP contribution in [0.15, 0.2) is 84.9 Å². The molecule has 0 saturated carbocycles. The summed E-state index contributed by atoms with van der Waals surface area (Å²) >= 11 is 1.58. The minimum Gasteiger partial charge on any atom is -0.357 e. The number of hydrogen-bond donors (Lipinski definition) is 1. The van der Waals surface area contributed by atoms with Crippen molar-refractivity contribution in [1.82, 2.24) is 10.2 Å². The normalized spacial score (nSPS) is 11.6. The topological polar surface area (TPSA) is 49.4 Å². The zero-order valence-electron chi connectivity index (χ0n) is 18.7. The highest BCUT2D eigenvalue weighted by atomic mass is 32.2. The van der Waals surface area contributed by atoms with Crippen molar-refractivity contribution in [3.05, 3.63) is 107 Å². The number of nitrogens with zero attached hydrogens (tertiary/aromatic N) is 1. The Bertz CT molecular complexity index is 991. The molecule has 166 valence electrons. The molecule has 3 rings (SSSR count). The van der Waals surface area contributed by atoms with Gasteiger partial charge in [-0.2, -0.15) is 0 Å². The van der Waals surface area contributed by atoms with Crippen LogP contribution in [0.3, 0.4) is 0 Å². The van der Waals surface area contributed by atoms with Crippen LogP contribution >= 0.6 is 11.8 Å². The van der Waals surface area contributed by atoms with Crippen LogP contribution in [0.2, 0.25) is 0 Å². The van der Waals surface area contributed by atoms with Crippen molar-refractivity contribution in [2.75, 3.05) is 12.8 Å². The van der Waals surface area contributed by atoms with Crippen LogP contribution in [0, 0.1) is 6.92 Å². The highest BCUT2D eigenvalue weighted by Gasteiger charge is 2.29. The third-order valence-electron chi connectivity index (χ3n) is 5.33. The number of aryl methyl sites for hydroxylation is 1. The maximum atomic E-state index is 13.4. The maximum absolute atomic E-state index is 13.4. The quantitative estimate of drug-likeness (QED) is 0.495. The van der Waals surface area contributed by atoms with Crippen molar-refractivity contribution in [2.45, 2.75) is 31.7 Å². The van der Waals surface area contributed by atoms with Crippen LogP contribution < -0.4 is 5.32 Å². The molecule has 3 aromatic rings. The predicted octanol–water partition coefficient (Wildman–Crippen LogP) is 4.61. The van der Waals surface area contributed by atoms with Gasteiger partial charge in [0.2, 0.25) is 11.8 Å². The summed E-state index contributed by atoms with van der Waals surface area (Å²) in [6.07, 6.45) is 0.474. The van der Waals surface area contributed by atoms with Crippen LogP contribution in [0.1, 0.15) is 22.3 Å². The molecule has 0 aromatic heterocycles. The summed E-state index contributed by atoms with van der Waals surface area (Å²) in [7, 11) is 1.62. The molecule has 0 unspecified atom stereocenters. The molecular weight excluding hydrogens is 416 g/mol. The standard InChI is InChI=1S/C27H30N2O2S/c1-21-13-15-24(16-14-21)19-32-20-26(30)29(18-23-11-7-4-8-12-23)25(27(31)28-2)17-22-9-5-3-6-10-22/h3-16,25H,17-20H2,1-2H3,(H,28,31)/t25-/m0/s1. The number of thioether (sulfide) groups is 1. The van der Waals surface area contributed by atoms with E-state index in [1.807, 2.05) is 60.7 Å². The van der Waals surface area contributed by atoms with Crippen LogP contribution in [-0.4, -0.2) is 35.6 Å². The van der Waals surface area contributed by atoms with E-state index in [-0.39, 0.29) is 11.8 Å². The molecule has 0 saturated heterocycles. The second-order valence-corrected chi connectivity index (χ2v) is 8.79. The van der Waals surface area contributed by atoms with Crippen molar-refractivity contribution in [3.8, 4) is 0 Å². The summed E-state index contributed by atoms with van der Waals surface area (Å²) in [5.74, 6) is 0.898. The number of carbonyl (C=O) groups is 2. The third kappa shape index (κ3) is 6.99. The Labute approximate surface area is 195 Å². The van der Waals surface area contributed by atoms with Crippen LogP contribution in [0.5, 0.6) is 0 Å². The first-order valence-electron chi connectivity index (χ1n) is 10.8. The predicted molar refractivity (Wildman–Crippen MR) is 132 cm³/mol. The number of hydrogen-bond acceptors (Lipinski definition) is 3. The summed E-state index contributed by atoms with van der Waals surface area (Å²) in [6, 6.07) is 27.5. The van der Waals surface area contributed by atoms with E-state index in [2.05, 4.69) is 36.5 Å². The van der Waals surface area contributed by atoms with E-state index in [9.17, 15) is 9.59 Å². The molecule has 1 N–H and O–H groups in total. The summed E-state index contributed by atoms with van der Waals surface area (Å²) < 4.78 is 0. The number of likely N-dealkylation sites (N-methyl/N-ethyl adjacent to an activating group) is 1. The number of rotatable bonds is 10. The summed E-state index contributed by atoms with van der Waals surface area (Å²) in [5, 5.41) is 2.75. The fraction of sp³-hybridized carbons (Fsp3) is 0.259. The molecule has 0 bridgehead atoms. The molecule has 0 heterocycles. The van der Waals surface area contributed by atoms with Gasteiger partial charge in [-0.15, -0.1) is 11.8 Å².